The molecule has 36 heavy (non-hydrogen) atoms. The molecule has 0 aromatic heterocycles. The van der Waals surface area contributed by atoms with E-state index in [1.54, 1.807) is 6.07 Å². The molecule has 1 N–H and O–H groups in total. The van der Waals surface area contributed by atoms with Crippen molar-refractivity contribution in [3.05, 3.63) is 62.7 Å². The van der Waals surface area contributed by atoms with E-state index in [1.165, 1.54) is 12.1 Å². The minimum absolute atomic E-state index is 0.0916. The maximum absolute atomic E-state index is 14.5. The lowest BCUT2D eigenvalue weighted by molar-refractivity contribution is -0.384. The fourth-order valence-electron chi connectivity index (χ4n) is 6.35. The monoisotopic (exact) mass is 492 g/mol. The van der Waals surface area contributed by atoms with Crippen LogP contribution in [0.1, 0.15) is 36.1 Å². The van der Waals surface area contributed by atoms with Gasteiger partial charge in [0.25, 0.3) is 11.6 Å². The van der Waals surface area contributed by atoms with Gasteiger partial charge in [-0.05, 0) is 57.4 Å². The molecule has 188 valence electrons. The Labute approximate surface area is 208 Å². The van der Waals surface area contributed by atoms with E-state index >= 15 is 0 Å². The van der Waals surface area contributed by atoms with Crippen LogP contribution >= 0.6 is 0 Å². The second kappa shape index (κ2) is 8.12. The first-order chi connectivity index (χ1) is 17.0. The van der Waals surface area contributed by atoms with Gasteiger partial charge in [0.2, 0.25) is 5.91 Å². The number of nitro benzene ring substituents is 1. The summed E-state index contributed by atoms with van der Waals surface area (Å²) in [6.07, 6.45) is -0.816. The van der Waals surface area contributed by atoms with E-state index in [0.717, 1.165) is 27.3 Å². The molecule has 3 heterocycles. The van der Waals surface area contributed by atoms with Crippen molar-refractivity contribution >= 4 is 34.9 Å². The molecular formula is C26H28N4O6. The van der Waals surface area contributed by atoms with Crippen molar-refractivity contribution in [2.75, 3.05) is 16.3 Å². The highest BCUT2D eigenvalue weighted by Gasteiger charge is 2.65. The molecule has 0 aliphatic carbocycles. The summed E-state index contributed by atoms with van der Waals surface area (Å²) in [6, 6.07) is 6.76. The lowest BCUT2D eigenvalue weighted by Gasteiger charge is -2.56. The molecule has 2 aromatic carbocycles. The van der Waals surface area contributed by atoms with Gasteiger partial charge in [-0.15, -0.1) is 0 Å². The fraction of sp³-hybridized carbons (Fsp3) is 0.423. The number of hydrogen-bond acceptors (Lipinski definition) is 7. The number of fused-ring (bicyclic) bond motifs is 4. The zero-order valence-electron chi connectivity index (χ0n) is 20.8. The SMILES string of the molecule is Cc1cc(C)c(N2C(=O)NC(=O)[C@]3(Cc4cc([N+](=O)[O-])ccc4N4C[C@H](C)O[C@@H](C)[C@@H]43)C2=O)c(C)c1. The van der Waals surface area contributed by atoms with Crippen LogP contribution in [0.3, 0.4) is 0 Å². The molecule has 2 fully saturated rings. The number of anilines is 2. The Balaban J connectivity index is 1.73. The van der Waals surface area contributed by atoms with Crippen LogP contribution in [-0.2, 0) is 20.7 Å². The third-order valence-corrected chi connectivity index (χ3v) is 7.51. The van der Waals surface area contributed by atoms with Crippen molar-refractivity contribution in [2.24, 2.45) is 5.41 Å². The van der Waals surface area contributed by atoms with E-state index in [9.17, 15) is 24.5 Å². The Hall–Kier alpha value is -3.79. The number of benzene rings is 2. The van der Waals surface area contributed by atoms with Gasteiger partial charge in [0.15, 0.2) is 5.41 Å². The topological polar surface area (TPSA) is 122 Å². The van der Waals surface area contributed by atoms with Crippen molar-refractivity contribution in [2.45, 2.75) is 59.3 Å². The van der Waals surface area contributed by atoms with Crippen LogP contribution in [0.25, 0.3) is 0 Å². The number of barbiturate groups is 1. The Morgan fingerprint density at radius 2 is 1.75 bits per heavy atom. The summed E-state index contributed by atoms with van der Waals surface area (Å²) in [5, 5.41) is 14.0. The number of ether oxygens (including phenoxy) is 1. The van der Waals surface area contributed by atoms with E-state index in [2.05, 4.69) is 5.32 Å². The number of rotatable bonds is 2. The number of amides is 4. The van der Waals surface area contributed by atoms with Gasteiger partial charge in [-0.3, -0.25) is 25.0 Å². The fourth-order valence-corrected chi connectivity index (χ4v) is 6.35. The Kier molecular flexibility index (Phi) is 5.40. The predicted molar refractivity (Wildman–Crippen MR) is 132 cm³/mol. The number of nitro groups is 1. The normalized spacial score (nSPS) is 27.6. The maximum atomic E-state index is 14.5. The van der Waals surface area contributed by atoms with Gasteiger partial charge < -0.3 is 9.64 Å². The van der Waals surface area contributed by atoms with Crippen LogP contribution in [-0.4, -0.2) is 47.6 Å². The van der Waals surface area contributed by atoms with Gasteiger partial charge >= 0.3 is 6.03 Å². The third kappa shape index (κ3) is 3.31. The van der Waals surface area contributed by atoms with Gasteiger partial charge in [-0.1, -0.05) is 17.7 Å². The van der Waals surface area contributed by atoms with E-state index < -0.39 is 40.3 Å². The number of morpholine rings is 1. The Bertz CT molecular complexity index is 1320. The minimum atomic E-state index is -1.72. The van der Waals surface area contributed by atoms with Crippen molar-refractivity contribution in [1.82, 2.24) is 5.32 Å². The molecule has 5 rings (SSSR count). The molecule has 1 spiro atoms. The number of nitrogens with zero attached hydrogens (tertiary/aromatic N) is 3. The highest BCUT2D eigenvalue weighted by atomic mass is 16.6. The summed E-state index contributed by atoms with van der Waals surface area (Å²) in [7, 11) is 0. The van der Waals surface area contributed by atoms with Crippen molar-refractivity contribution in [1.29, 1.82) is 0 Å². The van der Waals surface area contributed by atoms with E-state index in [-0.39, 0.29) is 18.2 Å². The van der Waals surface area contributed by atoms with Crippen LogP contribution in [0.4, 0.5) is 21.9 Å². The number of carbonyl (C=O) groups is 3. The lowest BCUT2D eigenvalue weighted by atomic mass is 9.66. The summed E-state index contributed by atoms with van der Waals surface area (Å²) in [5.74, 6) is -1.36. The lowest BCUT2D eigenvalue weighted by Crippen LogP contribution is -2.76. The summed E-state index contributed by atoms with van der Waals surface area (Å²) < 4.78 is 6.10. The van der Waals surface area contributed by atoms with Crippen molar-refractivity contribution in [3.63, 3.8) is 0 Å². The average Bonchev–Trinajstić information content (AvgIpc) is 2.78. The summed E-state index contributed by atoms with van der Waals surface area (Å²) in [4.78, 5) is 55.4. The maximum Gasteiger partial charge on any atom is 0.335 e. The Morgan fingerprint density at radius 3 is 2.39 bits per heavy atom. The van der Waals surface area contributed by atoms with E-state index in [0.29, 0.717) is 17.8 Å². The van der Waals surface area contributed by atoms with E-state index in [1.807, 2.05) is 51.7 Å². The molecule has 10 heteroatoms. The smallest absolute Gasteiger partial charge is 0.335 e. The molecule has 0 saturated carbocycles. The van der Waals surface area contributed by atoms with Crippen LogP contribution < -0.4 is 15.1 Å². The first kappa shape index (κ1) is 23.9. The predicted octanol–water partition coefficient (Wildman–Crippen LogP) is 3.33. The number of aryl methyl sites for hydroxylation is 3. The molecule has 0 unspecified atom stereocenters. The molecular weight excluding hydrogens is 464 g/mol. The van der Waals surface area contributed by atoms with Crippen LogP contribution in [0.15, 0.2) is 30.3 Å². The van der Waals surface area contributed by atoms with Gasteiger partial charge in [0.05, 0.1) is 28.9 Å². The molecule has 3 aliphatic rings. The summed E-state index contributed by atoms with van der Waals surface area (Å²) in [6.45, 7) is 9.67. The summed E-state index contributed by atoms with van der Waals surface area (Å²) >= 11 is 0. The molecule has 4 amide bonds. The van der Waals surface area contributed by atoms with Crippen molar-refractivity contribution < 1.29 is 24.0 Å². The molecule has 10 nitrogen and oxygen atoms in total. The standard InChI is InChI=1S/C26H28N4O6/c1-13-8-14(2)21(15(3)9-13)29-24(32)26(23(31)27-25(29)33)11-18-10-19(30(34)35)6-7-20(18)28-12-16(4)36-17(5)22(26)28/h6-10,16-17,22H,11-12H2,1-5H3,(H,27,31,33)/t16-,17-,22+,26+/m0/s1. The van der Waals surface area contributed by atoms with Gasteiger partial charge in [-0.25, -0.2) is 9.69 Å². The number of imide groups is 2. The highest BCUT2D eigenvalue weighted by molar-refractivity contribution is 6.31. The molecule has 2 saturated heterocycles. The first-order valence-electron chi connectivity index (χ1n) is 11.9. The van der Waals surface area contributed by atoms with Crippen molar-refractivity contribution in [3.8, 4) is 0 Å². The minimum Gasteiger partial charge on any atom is -0.372 e. The molecule has 3 aliphatic heterocycles. The second-order valence-corrected chi connectivity index (χ2v) is 10.1. The number of hydrogen-bond donors (Lipinski definition) is 1. The number of nitrogens with one attached hydrogen (secondary N) is 1. The molecule has 2 aromatic rings. The third-order valence-electron chi connectivity index (χ3n) is 7.51. The summed E-state index contributed by atoms with van der Waals surface area (Å²) in [5.41, 5.74) is 2.26. The molecule has 0 bridgehead atoms. The molecule has 4 atom stereocenters. The van der Waals surface area contributed by atoms with Crippen LogP contribution in [0.5, 0.6) is 0 Å². The van der Waals surface area contributed by atoms with Crippen LogP contribution in [0, 0.1) is 36.3 Å². The number of urea groups is 1. The van der Waals surface area contributed by atoms with Crippen LogP contribution in [0.2, 0.25) is 0 Å². The zero-order valence-corrected chi connectivity index (χ0v) is 20.8. The van der Waals surface area contributed by atoms with Gasteiger partial charge in [-0.2, -0.15) is 0 Å². The first-order valence-corrected chi connectivity index (χ1v) is 11.9. The molecule has 0 radical (unpaired) electrons. The number of carbonyl (C=O) groups excluding carboxylic acids is 3. The highest BCUT2D eigenvalue weighted by Crippen LogP contribution is 2.49. The average molecular weight is 493 g/mol. The largest absolute Gasteiger partial charge is 0.372 e. The van der Waals surface area contributed by atoms with Gasteiger partial charge in [0.1, 0.15) is 0 Å². The Morgan fingerprint density at radius 1 is 1.08 bits per heavy atom. The van der Waals surface area contributed by atoms with Gasteiger partial charge in [0, 0.05) is 30.8 Å². The second-order valence-electron chi connectivity index (χ2n) is 10.1. The quantitative estimate of drug-likeness (QED) is 0.388. The van der Waals surface area contributed by atoms with E-state index in [4.69, 9.17) is 4.74 Å². The number of non-ortho nitro benzene ring substituents is 1. The zero-order chi connectivity index (χ0) is 26.1.